The number of H-pyrrole nitrogens is 1. The van der Waals surface area contributed by atoms with Gasteiger partial charge < -0.3 is 10.3 Å². The Morgan fingerprint density at radius 1 is 1.35 bits per heavy atom. The van der Waals surface area contributed by atoms with Crippen molar-refractivity contribution in [3.63, 3.8) is 0 Å². The minimum atomic E-state index is -0.0554. The highest BCUT2D eigenvalue weighted by atomic mass is 16.1. The molecule has 0 aliphatic heterocycles. The van der Waals surface area contributed by atoms with Crippen LogP contribution in [0.5, 0.6) is 0 Å². The van der Waals surface area contributed by atoms with Gasteiger partial charge in [-0.1, -0.05) is 12.1 Å². The molecule has 2 heterocycles. The molecule has 102 valence electrons. The number of aromatic nitrogens is 3. The van der Waals surface area contributed by atoms with Gasteiger partial charge in [0, 0.05) is 43.5 Å². The van der Waals surface area contributed by atoms with Crippen molar-refractivity contribution in [1.82, 2.24) is 20.1 Å². The lowest BCUT2D eigenvalue weighted by Gasteiger charge is -2.06. The molecule has 5 heteroatoms. The number of nitrogens with one attached hydrogen (secondary N) is 2. The zero-order valence-electron chi connectivity index (χ0n) is 11.3. The molecule has 0 aliphatic rings. The molecule has 1 amide bonds. The van der Waals surface area contributed by atoms with Crippen molar-refractivity contribution >= 4 is 16.8 Å². The van der Waals surface area contributed by atoms with E-state index >= 15 is 0 Å². The number of hydrogen-bond donors (Lipinski definition) is 2. The number of nitrogens with zero attached hydrogens (tertiary/aromatic N) is 2. The Kier molecular flexibility index (Phi) is 3.25. The fourth-order valence-electron chi connectivity index (χ4n) is 2.32. The summed E-state index contributed by atoms with van der Waals surface area (Å²) in [6.07, 6.45) is 4.37. The third-order valence-corrected chi connectivity index (χ3v) is 3.42. The van der Waals surface area contributed by atoms with Gasteiger partial charge in [-0.05, 0) is 18.2 Å². The topological polar surface area (TPSA) is 62.7 Å². The molecule has 0 fully saturated rings. The molecule has 0 radical (unpaired) electrons. The standard InChI is InChI=1S/C15H16N4O/c1-19-12(7-10-18-19)6-9-17-15(20)13-4-2-3-11-5-8-16-14(11)13/h2-5,7-8,10,16H,6,9H2,1H3,(H,17,20). The van der Waals surface area contributed by atoms with E-state index in [-0.39, 0.29) is 5.91 Å². The van der Waals surface area contributed by atoms with Crippen molar-refractivity contribution in [2.45, 2.75) is 6.42 Å². The lowest BCUT2D eigenvalue weighted by molar-refractivity contribution is 0.0955. The number of aryl methyl sites for hydroxylation is 1. The number of para-hydroxylation sites is 1. The second-order valence-electron chi connectivity index (χ2n) is 4.70. The third kappa shape index (κ3) is 2.30. The molecule has 0 spiro atoms. The van der Waals surface area contributed by atoms with Crippen molar-refractivity contribution < 1.29 is 4.79 Å². The minimum absolute atomic E-state index is 0.0554. The number of fused-ring (bicyclic) bond motifs is 1. The maximum absolute atomic E-state index is 12.2. The van der Waals surface area contributed by atoms with Crippen LogP contribution >= 0.6 is 0 Å². The van der Waals surface area contributed by atoms with Crippen LogP contribution < -0.4 is 5.32 Å². The fraction of sp³-hybridized carbons (Fsp3) is 0.200. The van der Waals surface area contributed by atoms with Crippen LogP contribution in [0.4, 0.5) is 0 Å². The molecule has 0 atom stereocenters. The quantitative estimate of drug-likeness (QED) is 0.759. The van der Waals surface area contributed by atoms with E-state index in [9.17, 15) is 4.79 Å². The summed E-state index contributed by atoms with van der Waals surface area (Å²) in [6.45, 7) is 0.593. The first-order valence-electron chi connectivity index (χ1n) is 6.57. The van der Waals surface area contributed by atoms with E-state index in [1.165, 1.54) is 0 Å². The van der Waals surface area contributed by atoms with E-state index in [1.54, 1.807) is 6.20 Å². The van der Waals surface area contributed by atoms with Crippen molar-refractivity contribution in [1.29, 1.82) is 0 Å². The maximum Gasteiger partial charge on any atom is 0.253 e. The third-order valence-electron chi connectivity index (χ3n) is 3.42. The molecule has 5 nitrogen and oxygen atoms in total. The molecule has 0 saturated heterocycles. The Labute approximate surface area is 116 Å². The summed E-state index contributed by atoms with van der Waals surface area (Å²) < 4.78 is 1.82. The van der Waals surface area contributed by atoms with Gasteiger partial charge in [0.15, 0.2) is 0 Å². The van der Waals surface area contributed by atoms with E-state index in [0.717, 1.165) is 23.0 Å². The molecule has 2 N–H and O–H groups in total. The average molecular weight is 268 g/mol. The zero-order chi connectivity index (χ0) is 13.9. The van der Waals surface area contributed by atoms with Gasteiger partial charge in [0.1, 0.15) is 0 Å². The normalized spacial score (nSPS) is 10.8. The Morgan fingerprint density at radius 2 is 2.25 bits per heavy atom. The van der Waals surface area contributed by atoms with E-state index in [1.807, 2.05) is 48.3 Å². The predicted octanol–water partition coefficient (Wildman–Crippen LogP) is 1.87. The van der Waals surface area contributed by atoms with Crippen LogP contribution in [-0.2, 0) is 13.5 Å². The van der Waals surface area contributed by atoms with Crippen LogP contribution in [0.1, 0.15) is 16.1 Å². The number of benzene rings is 1. The van der Waals surface area contributed by atoms with E-state index in [0.29, 0.717) is 12.1 Å². The number of hydrogen-bond acceptors (Lipinski definition) is 2. The molecule has 1 aromatic carbocycles. The van der Waals surface area contributed by atoms with Gasteiger partial charge in [-0.25, -0.2) is 0 Å². The molecule has 2 aromatic heterocycles. The van der Waals surface area contributed by atoms with Crippen molar-refractivity contribution in [3.8, 4) is 0 Å². The SMILES string of the molecule is Cn1nccc1CCNC(=O)c1cccc2cc[nH]c12. The van der Waals surface area contributed by atoms with Gasteiger partial charge in [-0.2, -0.15) is 5.10 Å². The summed E-state index contributed by atoms with van der Waals surface area (Å²) in [5.41, 5.74) is 2.66. The summed E-state index contributed by atoms with van der Waals surface area (Å²) in [5, 5.41) is 8.10. The van der Waals surface area contributed by atoms with Crippen molar-refractivity contribution in [2.75, 3.05) is 6.54 Å². The Hall–Kier alpha value is -2.56. The highest BCUT2D eigenvalue weighted by Crippen LogP contribution is 2.16. The molecule has 0 aliphatic carbocycles. The van der Waals surface area contributed by atoms with Crippen LogP contribution in [0, 0.1) is 0 Å². The molecule has 0 unspecified atom stereocenters. The molecule has 0 saturated carbocycles. The van der Waals surface area contributed by atoms with E-state index < -0.39 is 0 Å². The summed E-state index contributed by atoms with van der Waals surface area (Å²) in [5.74, 6) is -0.0554. The largest absolute Gasteiger partial charge is 0.361 e. The molecule has 20 heavy (non-hydrogen) atoms. The highest BCUT2D eigenvalue weighted by molar-refractivity contribution is 6.05. The van der Waals surface area contributed by atoms with Gasteiger partial charge in [0.2, 0.25) is 0 Å². The smallest absolute Gasteiger partial charge is 0.253 e. The van der Waals surface area contributed by atoms with E-state index in [4.69, 9.17) is 0 Å². The molecular formula is C15H16N4O. The zero-order valence-corrected chi connectivity index (χ0v) is 11.3. The second-order valence-corrected chi connectivity index (χ2v) is 4.70. The van der Waals surface area contributed by atoms with Crippen molar-refractivity contribution in [2.24, 2.45) is 7.05 Å². The first-order chi connectivity index (χ1) is 9.75. The van der Waals surface area contributed by atoms with Crippen LogP contribution in [0.15, 0.2) is 42.7 Å². The second kappa shape index (κ2) is 5.21. The fourth-order valence-corrected chi connectivity index (χ4v) is 2.32. The minimum Gasteiger partial charge on any atom is -0.361 e. The van der Waals surface area contributed by atoms with Crippen LogP contribution in [0.25, 0.3) is 10.9 Å². The number of rotatable bonds is 4. The monoisotopic (exact) mass is 268 g/mol. The van der Waals surface area contributed by atoms with Gasteiger partial charge in [-0.15, -0.1) is 0 Å². The predicted molar refractivity (Wildman–Crippen MR) is 77.5 cm³/mol. The van der Waals surface area contributed by atoms with E-state index in [2.05, 4.69) is 15.4 Å². The van der Waals surface area contributed by atoms with Gasteiger partial charge in [0.25, 0.3) is 5.91 Å². The molecule has 0 bridgehead atoms. The number of carbonyl (C=O) groups is 1. The summed E-state index contributed by atoms with van der Waals surface area (Å²) >= 11 is 0. The van der Waals surface area contributed by atoms with Crippen LogP contribution in [-0.4, -0.2) is 27.2 Å². The Balaban J connectivity index is 1.68. The first-order valence-corrected chi connectivity index (χ1v) is 6.57. The van der Waals surface area contributed by atoms with Gasteiger partial charge in [-0.3, -0.25) is 9.48 Å². The highest BCUT2D eigenvalue weighted by Gasteiger charge is 2.10. The summed E-state index contributed by atoms with van der Waals surface area (Å²) in [6, 6.07) is 9.63. The number of amides is 1. The maximum atomic E-state index is 12.2. The average Bonchev–Trinajstić information content (AvgIpc) is 3.07. The van der Waals surface area contributed by atoms with Gasteiger partial charge >= 0.3 is 0 Å². The summed E-state index contributed by atoms with van der Waals surface area (Å²) in [7, 11) is 1.90. The number of aromatic amines is 1. The molecular weight excluding hydrogens is 252 g/mol. The van der Waals surface area contributed by atoms with Gasteiger partial charge in [0.05, 0.1) is 11.1 Å². The first kappa shape index (κ1) is 12.5. The number of carbonyl (C=O) groups excluding carboxylic acids is 1. The molecule has 3 rings (SSSR count). The summed E-state index contributed by atoms with van der Waals surface area (Å²) in [4.78, 5) is 15.3. The van der Waals surface area contributed by atoms with Crippen molar-refractivity contribution in [3.05, 3.63) is 54.0 Å². The Bertz CT molecular complexity index is 741. The Morgan fingerprint density at radius 3 is 3.05 bits per heavy atom. The molecule has 3 aromatic rings. The lowest BCUT2D eigenvalue weighted by atomic mass is 10.1. The lowest BCUT2D eigenvalue weighted by Crippen LogP contribution is -2.26. The van der Waals surface area contributed by atoms with Crippen LogP contribution in [0.3, 0.4) is 0 Å². The van der Waals surface area contributed by atoms with Crippen LogP contribution in [0.2, 0.25) is 0 Å².